The quantitative estimate of drug-likeness (QED) is 0.810. The molecule has 1 fully saturated rings. The summed E-state index contributed by atoms with van der Waals surface area (Å²) in [6, 6.07) is 12.0. The molecule has 0 aromatic heterocycles. The van der Waals surface area contributed by atoms with Crippen molar-refractivity contribution in [3.05, 3.63) is 59.7 Å². The Bertz CT molecular complexity index is 962. The van der Waals surface area contributed by atoms with E-state index in [1.165, 1.54) is 16.8 Å². The Morgan fingerprint density at radius 2 is 1.71 bits per heavy atom. The van der Waals surface area contributed by atoms with Crippen LogP contribution in [-0.2, 0) is 13.0 Å². The molecule has 0 aliphatic carbocycles. The number of piperazine rings is 1. The third kappa shape index (κ3) is 4.54. The molecule has 6 nitrogen and oxygen atoms in total. The lowest BCUT2D eigenvalue weighted by Gasteiger charge is -2.38. The maximum Gasteiger partial charge on any atom is 0.322 e. The van der Waals surface area contributed by atoms with Gasteiger partial charge in [0.15, 0.2) is 0 Å². The maximum absolute atomic E-state index is 13.0. The second-order valence-electron chi connectivity index (χ2n) is 8.49. The summed E-state index contributed by atoms with van der Waals surface area (Å²) >= 11 is 0. The Balaban J connectivity index is 1.53. The van der Waals surface area contributed by atoms with Crippen molar-refractivity contribution in [1.82, 2.24) is 9.80 Å². The first-order chi connectivity index (χ1) is 15.0. The number of urea groups is 1. The Labute approximate surface area is 185 Å². The highest BCUT2D eigenvalue weighted by atomic mass is 16.5. The summed E-state index contributed by atoms with van der Waals surface area (Å²) < 4.78 is 5.64. The van der Waals surface area contributed by atoms with Crippen molar-refractivity contribution < 1.29 is 9.53 Å². The summed E-state index contributed by atoms with van der Waals surface area (Å²) in [5.74, 6) is 0.920. The second-order valence-corrected chi connectivity index (χ2v) is 8.49. The van der Waals surface area contributed by atoms with Gasteiger partial charge in [-0.3, -0.25) is 0 Å². The van der Waals surface area contributed by atoms with Gasteiger partial charge < -0.3 is 24.8 Å². The molecule has 0 bridgehead atoms. The number of ether oxygens (including phenoxy) is 1. The third-order valence-corrected chi connectivity index (χ3v) is 6.32. The molecule has 2 aliphatic rings. The number of nitrogens with one attached hydrogen (secondary N) is 1. The van der Waals surface area contributed by atoms with Gasteiger partial charge in [-0.15, -0.1) is 0 Å². The van der Waals surface area contributed by atoms with Gasteiger partial charge in [0, 0.05) is 61.8 Å². The monoisotopic (exact) mass is 420 g/mol. The number of rotatable bonds is 4. The van der Waals surface area contributed by atoms with E-state index in [1.807, 2.05) is 36.1 Å². The number of nitrogens with zero attached hydrogens (tertiary/aromatic N) is 3. The van der Waals surface area contributed by atoms with E-state index >= 15 is 0 Å². The summed E-state index contributed by atoms with van der Waals surface area (Å²) in [7, 11) is 3.88. The molecule has 2 aromatic carbocycles. The molecule has 0 spiro atoms. The van der Waals surface area contributed by atoms with E-state index in [2.05, 4.69) is 40.9 Å². The fourth-order valence-electron chi connectivity index (χ4n) is 4.38. The number of allylic oxidation sites excluding steroid dienone is 1. The molecule has 4 rings (SSSR count). The highest BCUT2D eigenvalue weighted by molar-refractivity contribution is 5.90. The summed E-state index contributed by atoms with van der Waals surface area (Å²) in [4.78, 5) is 19.7. The Morgan fingerprint density at radius 1 is 1.00 bits per heavy atom. The van der Waals surface area contributed by atoms with Crippen molar-refractivity contribution in [2.45, 2.75) is 19.9 Å². The molecule has 2 amide bonds. The van der Waals surface area contributed by atoms with Crippen molar-refractivity contribution in [2.24, 2.45) is 0 Å². The van der Waals surface area contributed by atoms with Crippen LogP contribution in [0.25, 0.3) is 5.57 Å². The molecule has 1 N–H and O–H groups in total. The van der Waals surface area contributed by atoms with Gasteiger partial charge in [0.1, 0.15) is 5.75 Å². The molecule has 0 atom stereocenters. The summed E-state index contributed by atoms with van der Waals surface area (Å²) in [5, 5.41) is 3.05. The number of likely N-dealkylation sites (N-methyl/N-ethyl adjacent to an activating group) is 1. The van der Waals surface area contributed by atoms with Crippen molar-refractivity contribution in [3.63, 3.8) is 0 Å². The van der Waals surface area contributed by atoms with Crippen LogP contribution in [-0.4, -0.2) is 62.7 Å². The first kappa shape index (κ1) is 21.2. The standard InChI is InChI=1S/C25H32N4O2/c1-18(2)19-5-7-20(8-6-19)26-25(30)29-12-11-21-22(17-29)23(9-10-24(21)31-4)28-15-13-27(3)14-16-28/h5-10H,1,11-17H2,2-4H3,(H,26,30). The average Bonchev–Trinajstić information content (AvgIpc) is 2.79. The summed E-state index contributed by atoms with van der Waals surface area (Å²) in [6.45, 7) is 11.3. The van der Waals surface area contributed by atoms with Crippen molar-refractivity contribution >= 4 is 23.0 Å². The SMILES string of the molecule is C=C(C)c1ccc(NC(=O)N2CCc3c(OC)ccc(N4CCN(C)CC4)c3C2)cc1. The molecule has 2 aliphatic heterocycles. The largest absolute Gasteiger partial charge is 0.496 e. The maximum atomic E-state index is 13.0. The highest BCUT2D eigenvalue weighted by Gasteiger charge is 2.28. The lowest BCUT2D eigenvalue weighted by molar-refractivity contribution is 0.206. The first-order valence-corrected chi connectivity index (χ1v) is 10.9. The van der Waals surface area contributed by atoms with Crippen LogP contribution in [0.15, 0.2) is 43.0 Å². The number of anilines is 2. The molecular weight excluding hydrogens is 388 g/mol. The van der Waals surface area contributed by atoms with Crippen LogP contribution >= 0.6 is 0 Å². The number of hydrogen-bond donors (Lipinski definition) is 1. The fourth-order valence-corrected chi connectivity index (χ4v) is 4.38. The van der Waals surface area contributed by atoms with E-state index in [4.69, 9.17) is 4.74 Å². The van der Waals surface area contributed by atoms with Crippen molar-refractivity contribution in [3.8, 4) is 5.75 Å². The fraction of sp³-hybridized carbons (Fsp3) is 0.400. The van der Waals surface area contributed by atoms with E-state index in [0.717, 1.165) is 55.2 Å². The predicted molar refractivity (Wildman–Crippen MR) is 127 cm³/mol. The van der Waals surface area contributed by atoms with Crippen LogP contribution in [0.1, 0.15) is 23.6 Å². The van der Waals surface area contributed by atoms with Gasteiger partial charge in [-0.05, 0) is 50.2 Å². The van der Waals surface area contributed by atoms with Crippen LogP contribution in [0.2, 0.25) is 0 Å². The molecule has 0 unspecified atom stereocenters. The van der Waals surface area contributed by atoms with Crippen LogP contribution in [0.3, 0.4) is 0 Å². The Kier molecular flexibility index (Phi) is 6.18. The minimum absolute atomic E-state index is 0.0686. The lowest BCUT2D eigenvalue weighted by Crippen LogP contribution is -2.46. The lowest BCUT2D eigenvalue weighted by atomic mass is 9.96. The van der Waals surface area contributed by atoms with Crippen LogP contribution in [0, 0.1) is 0 Å². The van der Waals surface area contributed by atoms with E-state index < -0.39 is 0 Å². The molecule has 0 saturated carbocycles. The zero-order valence-electron chi connectivity index (χ0n) is 18.8. The third-order valence-electron chi connectivity index (χ3n) is 6.32. The molecule has 31 heavy (non-hydrogen) atoms. The molecule has 0 radical (unpaired) electrons. The number of fused-ring (bicyclic) bond motifs is 1. The number of hydrogen-bond acceptors (Lipinski definition) is 4. The van der Waals surface area contributed by atoms with E-state index in [9.17, 15) is 4.79 Å². The van der Waals surface area contributed by atoms with E-state index in [1.54, 1.807) is 7.11 Å². The van der Waals surface area contributed by atoms with Gasteiger partial charge in [-0.1, -0.05) is 24.3 Å². The molecule has 2 aromatic rings. The van der Waals surface area contributed by atoms with Gasteiger partial charge in [-0.2, -0.15) is 0 Å². The number of methoxy groups -OCH3 is 1. The van der Waals surface area contributed by atoms with Gasteiger partial charge >= 0.3 is 6.03 Å². The van der Waals surface area contributed by atoms with Gasteiger partial charge in [-0.25, -0.2) is 4.79 Å². The minimum atomic E-state index is -0.0686. The van der Waals surface area contributed by atoms with E-state index in [0.29, 0.717) is 13.1 Å². The van der Waals surface area contributed by atoms with Gasteiger partial charge in [0.2, 0.25) is 0 Å². The average molecular weight is 421 g/mol. The molecule has 2 heterocycles. The topological polar surface area (TPSA) is 48.1 Å². The predicted octanol–water partition coefficient (Wildman–Crippen LogP) is 4.07. The Hall–Kier alpha value is -2.99. The number of benzene rings is 2. The Morgan fingerprint density at radius 3 is 2.35 bits per heavy atom. The zero-order valence-corrected chi connectivity index (χ0v) is 18.8. The van der Waals surface area contributed by atoms with Crippen LogP contribution < -0.4 is 15.0 Å². The van der Waals surface area contributed by atoms with Crippen molar-refractivity contribution in [2.75, 3.05) is 57.1 Å². The smallest absolute Gasteiger partial charge is 0.322 e. The number of amides is 2. The molecule has 6 heteroatoms. The zero-order chi connectivity index (χ0) is 22.0. The molecule has 1 saturated heterocycles. The summed E-state index contributed by atoms with van der Waals surface area (Å²) in [5.41, 5.74) is 6.55. The molecule has 164 valence electrons. The van der Waals surface area contributed by atoms with Crippen LogP contribution in [0.4, 0.5) is 16.2 Å². The first-order valence-electron chi connectivity index (χ1n) is 10.9. The second kappa shape index (κ2) is 9.02. The minimum Gasteiger partial charge on any atom is -0.496 e. The summed E-state index contributed by atoms with van der Waals surface area (Å²) in [6.07, 6.45) is 0.794. The normalized spacial score (nSPS) is 16.6. The van der Waals surface area contributed by atoms with Crippen molar-refractivity contribution in [1.29, 1.82) is 0 Å². The van der Waals surface area contributed by atoms with Gasteiger partial charge in [0.25, 0.3) is 0 Å². The molecular formula is C25H32N4O2. The van der Waals surface area contributed by atoms with Crippen LogP contribution in [0.5, 0.6) is 5.75 Å². The highest BCUT2D eigenvalue weighted by Crippen LogP contribution is 2.36. The number of carbonyl (C=O) groups is 1. The van der Waals surface area contributed by atoms with E-state index in [-0.39, 0.29) is 6.03 Å². The van der Waals surface area contributed by atoms with Gasteiger partial charge in [0.05, 0.1) is 7.11 Å². The number of carbonyl (C=O) groups excluding carboxylic acids is 1.